The Balaban J connectivity index is 1.56. The summed E-state index contributed by atoms with van der Waals surface area (Å²) in [5.74, 6) is -0.461. The van der Waals surface area contributed by atoms with Crippen LogP contribution in [0.1, 0.15) is 57.4 Å². The molecule has 0 radical (unpaired) electrons. The number of nitrogens with zero attached hydrogens (tertiary/aromatic N) is 2. The number of aromatic nitrogens is 2. The maximum Gasteiger partial charge on any atom is 0.308 e. The van der Waals surface area contributed by atoms with Crippen molar-refractivity contribution in [3.63, 3.8) is 0 Å². The monoisotopic (exact) mass is 468 g/mol. The Hall–Kier alpha value is -3.39. The van der Waals surface area contributed by atoms with E-state index in [9.17, 15) is 14.4 Å². The summed E-state index contributed by atoms with van der Waals surface area (Å²) in [6.45, 7) is 3.34. The standard InChI is InChI=1S/C24H25ClN4O4/c1-14-11-15(5-7-17(14)24(32)29-9-3-4-10-29)23(31)28-20(13-21(30)33-2)22-26-18-8-6-16(25)12-19(18)27-22/h5-8,11-12,20H,3-4,9-10,13H2,1-2H3,(H,26,27)(H,28,31)/t20-/m0/s1. The van der Waals surface area contributed by atoms with Gasteiger partial charge in [-0.3, -0.25) is 14.4 Å². The van der Waals surface area contributed by atoms with Crippen molar-refractivity contribution in [2.45, 2.75) is 32.2 Å². The summed E-state index contributed by atoms with van der Waals surface area (Å²) in [4.78, 5) is 47.2. The van der Waals surface area contributed by atoms with Gasteiger partial charge in [0.2, 0.25) is 0 Å². The van der Waals surface area contributed by atoms with E-state index in [2.05, 4.69) is 15.3 Å². The zero-order valence-electron chi connectivity index (χ0n) is 18.5. The van der Waals surface area contributed by atoms with Crippen LogP contribution >= 0.6 is 11.6 Å². The van der Waals surface area contributed by atoms with Gasteiger partial charge in [0.15, 0.2) is 0 Å². The maximum atomic E-state index is 13.0. The Labute approximate surface area is 196 Å². The smallest absolute Gasteiger partial charge is 0.308 e. The minimum absolute atomic E-state index is 0.0125. The number of hydrogen-bond donors (Lipinski definition) is 2. The van der Waals surface area contributed by atoms with E-state index in [1.54, 1.807) is 36.4 Å². The van der Waals surface area contributed by atoms with Crippen molar-refractivity contribution in [1.29, 1.82) is 0 Å². The van der Waals surface area contributed by atoms with E-state index >= 15 is 0 Å². The van der Waals surface area contributed by atoms with Gasteiger partial charge in [0, 0.05) is 29.2 Å². The molecule has 1 fully saturated rings. The number of nitrogens with one attached hydrogen (secondary N) is 2. The van der Waals surface area contributed by atoms with Gasteiger partial charge in [-0.05, 0) is 61.7 Å². The number of benzene rings is 2. The second-order valence-electron chi connectivity index (χ2n) is 8.12. The number of H-pyrrole nitrogens is 1. The zero-order chi connectivity index (χ0) is 23.5. The Morgan fingerprint density at radius 3 is 2.64 bits per heavy atom. The fraction of sp³-hybridized carbons (Fsp3) is 0.333. The number of aromatic amines is 1. The molecule has 1 aliphatic rings. The highest BCUT2D eigenvalue weighted by atomic mass is 35.5. The van der Waals surface area contributed by atoms with E-state index in [0.717, 1.165) is 31.5 Å². The van der Waals surface area contributed by atoms with Gasteiger partial charge in [-0.1, -0.05) is 11.6 Å². The summed E-state index contributed by atoms with van der Waals surface area (Å²) in [5, 5.41) is 3.41. The summed E-state index contributed by atoms with van der Waals surface area (Å²) in [7, 11) is 1.29. The van der Waals surface area contributed by atoms with Crippen molar-refractivity contribution in [3.8, 4) is 0 Å². The molecule has 0 aliphatic carbocycles. The van der Waals surface area contributed by atoms with Crippen molar-refractivity contribution in [3.05, 3.63) is 63.9 Å². The van der Waals surface area contributed by atoms with Crippen molar-refractivity contribution < 1.29 is 19.1 Å². The molecule has 33 heavy (non-hydrogen) atoms. The van der Waals surface area contributed by atoms with E-state index in [0.29, 0.717) is 33.0 Å². The van der Waals surface area contributed by atoms with Crippen LogP contribution in [0, 0.1) is 6.92 Å². The van der Waals surface area contributed by atoms with Crippen LogP contribution in [0.4, 0.5) is 0 Å². The SMILES string of the molecule is COC(=O)C[C@H](NC(=O)c1ccc(C(=O)N2CCCC2)c(C)c1)c1nc2ccc(Cl)cc2[nH]1. The van der Waals surface area contributed by atoms with Crippen molar-refractivity contribution >= 4 is 40.4 Å². The van der Waals surface area contributed by atoms with Gasteiger partial charge < -0.3 is 19.9 Å². The number of imidazole rings is 1. The van der Waals surface area contributed by atoms with Gasteiger partial charge in [-0.2, -0.15) is 0 Å². The molecule has 8 nitrogen and oxygen atoms in total. The molecule has 4 rings (SSSR count). The lowest BCUT2D eigenvalue weighted by molar-refractivity contribution is -0.141. The number of carbonyl (C=O) groups excluding carboxylic acids is 3. The van der Waals surface area contributed by atoms with E-state index in [4.69, 9.17) is 16.3 Å². The summed E-state index contributed by atoms with van der Waals surface area (Å²) in [6, 6.07) is 9.46. The lowest BCUT2D eigenvalue weighted by atomic mass is 10.0. The molecule has 3 aromatic rings. The molecule has 0 bridgehead atoms. The quantitative estimate of drug-likeness (QED) is 0.535. The van der Waals surface area contributed by atoms with Crippen LogP contribution in [0.25, 0.3) is 11.0 Å². The second kappa shape index (κ2) is 9.62. The Morgan fingerprint density at radius 2 is 1.94 bits per heavy atom. The predicted octanol–water partition coefficient (Wildman–Crippen LogP) is 3.79. The van der Waals surface area contributed by atoms with Gasteiger partial charge in [0.25, 0.3) is 11.8 Å². The number of hydrogen-bond acceptors (Lipinski definition) is 5. The van der Waals surface area contributed by atoms with Crippen LogP contribution in [0.3, 0.4) is 0 Å². The normalized spacial score (nSPS) is 14.3. The number of rotatable bonds is 6. The summed E-state index contributed by atoms with van der Waals surface area (Å²) < 4.78 is 4.80. The van der Waals surface area contributed by atoms with Crippen molar-refractivity contribution in [1.82, 2.24) is 20.2 Å². The minimum Gasteiger partial charge on any atom is -0.469 e. The molecule has 2 heterocycles. The third kappa shape index (κ3) is 5.01. The van der Waals surface area contributed by atoms with Gasteiger partial charge in [0.1, 0.15) is 5.82 Å². The van der Waals surface area contributed by atoms with Crippen LogP contribution in [0.5, 0.6) is 0 Å². The first-order valence-electron chi connectivity index (χ1n) is 10.8. The third-order valence-corrected chi connectivity index (χ3v) is 6.04. The number of ether oxygens (including phenoxy) is 1. The van der Waals surface area contributed by atoms with Gasteiger partial charge in [0.05, 0.1) is 30.6 Å². The topological polar surface area (TPSA) is 104 Å². The van der Waals surface area contributed by atoms with Crippen LogP contribution in [-0.2, 0) is 9.53 Å². The highest BCUT2D eigenvalue weighted by Crippen LogP contribution is 2.23. The summed E-state index contributed by atoms with van der Waals surface area (Å²) in [5.41, 5.74) is 3.07. The van der Waals surface area contributed by atoms with Crippen LogP contribution in [0.2, 0.25) is 5.02 Å². The molecule has 9 heteroatoms. The molecular formula is C24H25ClN4O4. The highest BCUT2D eigenvalue weighted by Gasteiger charge is 2.25. The summed E-state index contributed by atoms with van der Waals surface area (Å²) >= 11 is 6.05. The number of esters is 1. The number of fused-ring (bicyclic) bond motifs is 1. The zero-order valence-corrected chi connectivity index (χ0v) is 19.2. The molecule has 0 spiro atoms. The first-order chi connectivity index (χ1) is 15.9. The average molecular weight is 469 g/mol. The van der Waals surface area contributed by atoms with Crippen LogP contribution in [-0.4, -0.2) is 52.9 Å². The van der Waals surface area contributed by atoms with Crippen LogP contribution in [0.15, 0.2) is 36.4 Å². The lowest BCUT2D eigenvalue weighted by Crippen LogP contribution is -2.31. The Kier molecular flexibility index (Phi) is 6.65. The number of likely N-dealkylation sites (tertiary alicyclic amines) is 1. The van der Waals surface area contributed by atoms with Crippen LogP contribution < -0.4 is 5.32 Å². The molecule has 172 valence electrons. The number of methoxy groups -OCH3 is 1. The molecule has 0 unspecified atom stereocenters. The number of amides is 2. The lowest BCUT2D eigenvalue weighted by Gasteiger charge is -2.18. The fourth-order valence-corrected chi connectivity index (χ4v) is 4.18. The average Bonchev–Trinajstić information content (AvgIpc) is 3.47. The number of halogens is 1. The summed E-state index contributed by atoms with van der Waals surface area (Å²) in [6.07, 6.45) is 1.93. The van der Waals surface area contributed by atoms with E-state index in [-0.39, 0.29) is 18.2 Å². The molecular weight excluding hydrogens is 444 g/mol. The molecule has 0 saturated carbocycles. The molecule has 1 aliphatic heterocycles. The molecule has 2 N–H and O–H groups in total. The van der Waals surface area contributed by atoms with Gasteiger partial charge in [-0.25, -0.2) is 4.98 Å². The van der Waals surface area contributed by atoms with Gasteiger partial charge >= 0.3 is 5.97 Å². The van der Waals surface area contributed by atoms with E-state index < -0.39 is 12.0 Å². The molecule has 1 saturated heterocycles. The maximum absolute atomic E-state index is 13.0. The molecule has 2 aromatic carbocycles. The van der Waals surface area contributed by atoms with E-state index in [1.807, 2.05) is 11.8 Å². The fourth-order valence-electron chi connectivity index (χ4n) is 4.01. The highest BCUT2D eigenvalue weighted by molar-refractivity contribution is 6.31. The van der Waals surface area contributed by atoms with Crippen molar-refractivity contribution in [2.75, 3.05) is 20.2 Å². The molecule has 1 aromatic heterocycles. The van der Waals surface area contributed by atoms with Crippen molar-refractivity contribution in [2.24, 2.45) is 0 Å². The third-order valence-electron chi connectivity index (χ3n) is 5.81. The van der Waals surface area contributed by atoms with Gasteiger partial charge in [-0.15, -0.1) is 0 Å². The second-order valence-corrected chi connectivity index (χ2v) is 8.56. The Morgan fingerprint density at radius 1 is 1.18 bits per heavy atom. The Bertz CT molecular complexity index is 1220. The minimum atomic E-state index is -0.734. The predicted molar refractivity (Wildman–Crippen MR) is 124 cm³/mol. The number of carbonyl (C=O) groups is 3. The molecule has 1 atom stereocenters. The first kappa shape index (κ1) is 22.8. The largest absolute Gasteiger partial charge is 0.469 e. The first-order valence-corrected chi connectivity index (χ1v) is 11.2. The number of aryl methyl sites for hydroxylation is 1. The van der Waals surface area contributed by atoms with E-state index in [1.165, 1.54) is 7.11 Å². The molecule has 2 amide bonds.